The molecule has 5 heteroatoms. The molecular formula is C19H20FNO2Si. The zero-order valence-electron chi connectivity index (χ0n) is 13.7. The fraction of sp³-hybridized carbons (Fsp3) is 0.263. The van der Waals surface area contributed by atoms with Gasteiger partial charge in [0.25, 0.3) is 11.8 Å². The smallest absolute Gasteiger partial charge is 0.261 e. The predicted octanol–water partition coefficient (Wildman–Crippen LogP) is 2.85. The largest absolute Gasteiger partial charge is 0.278 e. The predicted molar refractivity (Wildman–Crippen MR) is 94.4 cm³/mol. The summed E-state index contributed by atoms with van der Waals surface area (Å²) >= 11 is 0. The van der Waals surface area contributed by atoms with Crippen molar-refractivity contribution >= 4 is 21.3 Å². The summed E-state index contributed by atoms with van der Waals surface area (Å²) in [5, 5.41) is 0. The minimum absolute atomic E-state index is 0.158. The van der Waals surface area contributed by atoms with Gasteiger partial charge in [0.05, 0.1) is 11.1 Å². The Morgan fingerprint density at radius 3 is 2.17 bits per heavy atom. The van der Waals surface area contributed by atoms with Crippen LogP contribution in [0.3, 0.4) is 0 Å². The van der Waals surface area contributed by atoms with Gasteiger partial charge < -0.3 is 0 Å². The third-order valence-electron chi connectivity index (χ3n) is 4.45. The van der Waals surface area contributed by atoms with Crippen LogP contribution in [0, 0.1) is 11.7 Å². The molecule has 1 unspecified atom stereocenters. The zero-order valence-corrected chi connectivity index (χ0v) is 15.1. The summed E-state index contributed by atoms with van der Waals surface area (Å²) in [6.45, 7) is 2.17. The number of hydrogen-bond donors (Lipinski definition) is 0. The molecule has 1 atom stereocenters. The highest BCUT2D eigenvalue weighted by molar-refractivity contribution is 6.38. The lowest BCUT2D eigenvalue weighted by Gasteiger charge is -2.16. The Hall–Kier alpha value is -2.27. The Bertz CT molecular complexity index is 725. The molecule has 0 aromatic heterocycles. The average Bonchev–Trinajstić information content (AvgIpc) is 2.82. The zero-order chi connectivity index (χ0) is 17.1. The van der Waals surface area contributed by atoms with Crippen molar-refractivity contribution in [1.29, 1.82) is 0 Å². The highest BCUT2D eigenvalue weighted by atomic mass is 28.2. The summed E-state index contributed by atoms with van der Waals surface area (Å²) in [7, 11) is -0.558. The average molecular weight is 341 g/mol. The number of hydrogen-bond acceptors (Lipinski definition) is 2. The van der Waals surface area contributed by atoms with E-state index >= 15 is 0 Å². The Kier molecular flexibility index (Phi) is 4.90. The van der Waals surface area contributed by atoms with Gasteiger partial charge in [-0.05, 0) is 42.2 Å². The van der Waals surface area contributed by atoms with Crippen LogP contribution in [0.15, 0.2) is 48.5 Å². The molecule has 0 fully saturated rings. The molecule has 0 radical (unpaired) electrons. The highest BCUT2D eigenvalue weighted by Crippen LogP contribution is 2.22. The van der Waals surface area contributed by atoms with Crippen molar-refractivity contribution < 1.29 is 14.0 Å². The van der Waals surface area contributed by atoms with Crippen LogP contribution >= 0.6 is 0 Å². The summed E-state index contributed by atoms with van der Waals surface area (Å²) in [5.41, 5.74) is 2.17. The van der Waals surface area contributed by atoms with Crippen LogP contribution in [0.1, 0.15) is 33.2 Å². The van der Waals surface area contributed by atoms with Crippen LogP contribution in [-0.2, 0) is 6.42 Å². The van der Waals surface area contributed by atoms with Gasteiger partial charge in [-0.25, -0.2) is 4.39 Å². The van der Waals surface area contributed by atoms with Gasteiger partial charge in [-0.3, -0.25) is 14.5 Å². The molecule has 24 heavy (non-hydrogen) atoms. The molecule has 2 aromatic carbocycles. The molecule has 1 aliphatic rings. The first-order valence-electron chi connectivity index (χ1n) is 8.26. The van der Waals surface area contributed by atoms with Crippen LogP contribution in [0.4, 0.5) is 4.39 Å². The van der Waals surface area contributed by atoms with Crippen LogP contribution in [0.5, 0.6) is 0 Å². The van der Waals surface area contributed by atoms with E-state index in [1.807, 2.05) is 12.1 Å². The fourth-order valence-corrected chi connectivity index (χ4v) is 4.97. The van der Waals surface area contributed by atoms with Crippen molar-refractivity contribution in [2.24, 2.45) is 5.92 Å². The molecule has 2 aromatic rings. The van der Waals surface area contributed by atoms with Crippen LogP contribution in [0.2, 0.25) is 6.04 Å². The molecule has 1 aliphatic heterocycles. The lowest BCUT2D eigenvalue weighted by atomic mass is 10.0. The van der Waals surface area contributed by atoms with Gasteiger partial charge in [0, 0.05) is 15.7 Å². The molecule has 0 bridgehead atoms. The summed E-state index contributed by atoms with van der Waals surface area (Å²) in [5.74, 6) is -0.0627. The van der Waals surface area contributed by atoms with E-state index in [0.717, 1.165) is 18.0 Å². The highest BCUT2D eigenvalue weighted by Gasteiger charge is 2.34. The van der Waals surface area contributed by atoms with Crippen molar-refractivity contribution in [2.45, 2.75) is 19.4 Å². The molecule has 3 rings (SSSR count). The molecule has 1 heterocycles. The number of fused-ring (bicyclic) bond motifs is 1. The van der Waals surface area contributed by atoms with Crippen LogP contribution < -0.4 is 0 Å². The maximum Gasteiger partial charge on any atom is 0.261 e. The first kappa shape index (κ1) is 16.6. The molecule has 0 saturated heterocycles. The maximum atomic E-state index is 12.9. The normalized spacial score (nSPS) is 15.3. The van der Waals surface area contributed by atoms with Crippen molar-refractivity contribution in [2.75, 3.05) is 6.17 Å². The third kappa shape index (κ3) is 3.46. The molecule has 0 N–H and O–H groups in total. The number of carbonyl (C=O) groups excluding carboxylic acids is 2. The van der Waals surface area contributed by atoms with Gasteiger partial charge in [0.15, 0.2) is 0 Å². The number of halogens is 1. The maximum absolute atomic E-state index is 12.9. The molecule has 0 saturated carbocycles. The van der Waals surface area contributed by atoms with E-state index in [9.17, 15) is 14.0 Å². The lowest BCUT2D eigenvalue weighted by Crippen LogP contribution is -2.34. The number of carbonyl (C=O) groups is 2. The minimum atomic E-state index is -0.558. The molecule has 3 nitrogen and oxygen atoms in total. The van der Waals surface area contributed by atoms with Crippen molar-refractivity contribution in [1.82, 2.24) is 4.90 Å². The Balaban J connectivity index is 1.51. The van der Waals surface area contributed by atoms with E-state index in [4.69, 9.17) is 0 Å². The van der Waals surface area contributed by atoms with Gasteiger partial charge in [0.2, 0.25) is 0 Å². The van der Waals surface area contributed by atoms with E-state index in [2.05, 4.69) is 6.92 Å². The van der Waals surface area contributed by atoms with E-state index in [1.54, 1.807) is 24.3 Å². The van der Waals surface area contributed by atoms with Gasteiger partial charge in [-0.1, -0.05) is 37.2 Å². The summed E-state index contributed by atoms with van der Waals surface area (Å²) < 4.78 is 12.9. The Morgan fingerprint density at radius 1 is 1.00 bits per heavy atom. The molecule has 0 aliphatic carbocycles. The van der Waals surface area contributed by atoms with Crippen LogP contribution in [0.25, 0.3) is 0 Å². The molecule has 0 spiro atoms. The second kappa shape index (κ2) is 7.09. The summed E-state index contributed by atoms with van der Waals surface area (Å²) in [6, 6.07) is 14.7. The topological polar surface area (TPSA) is 37.4 Å². The number of rotatable bonds is 6. The van der Waals surface area contributed by atoms with Gasteiger partial charge in [0.1, 0.15) is 5.82 Å². The first-order valence-corrected chi connectivity index (χ1v) is 10.3. The van der Waals surface area contributed by atoms with Crippen LogP contribution in [-0.4, -0.2) is 32.4 Å². The molecular weight excluding hydrogens is 321 g/mol. The molecule has 124 valence electrons. The van der Waals surface area contributed by atoms with E-state index in [-0.39, 0.29) is 17.6 Å². The SMILES string of the molecule is CC(C[SiH2]CN1C(=O)c2ccccc2C1=O)Cc1ccc(F)cc1. The van der Waals surface area contributed by atoms with Crippen molar-refractivity contribution in [3.63, 3.8) is 0 Å². The van der Waals surface area contributed by atoms with Gasteiger partial charge >= 0.3 is 0 Å². The lowest BCUT2D eigenvalue weighted by molar-refractivity contribution is 0.0680. The second-order valence-corrected chi connectivity index (χ2v) is 8.12. The summed E-state index contributed by atoms with van der Waals surface area (Å²) in [4.78, 5) is 26.0. The minimum Gasteiger partial charge on any atom is -0.278 e. The van der Waals surface area contributed by atoms with E-state index in [0.29, 0.717) is 23.2 Å². The third-order valence-corrected chi connectivity index (χ3v) is 6.61. The number of amides is 2. The van der Waals surface area contributed by atoms with Crippen molar-refractivity contribution in [3.8, 4) is 0 Å². The Labute approximate surface area is 143 Å². The van der Waals surface area contributed by atoms with Gasteiger partial charge in [-0.15, -0.1) is 0 Å². The quantitative estimate of drug-likeness (QED) is 0.598. The van der Waals surface area contributed by atoms with E-state index < -0.39 is 9.52 Å². The fourth-order valence-electron chi connectivity index (χ4n) is 3.17. The van der Waals surface area contributed by atoms with E-state index in [1.165, 1.54) is 17.0 Å². The number of nitrogens with zero attached hydrogens (tertiary/aromatic N) is 1. The monoisotopic (exact) mass is 341 g/mol. The first-order chi connectivity index (χ1) is 11.6. The molecule has 2 amide bonds. The standard InChI is InChI=1S/C19H20FNO2Si/c1-13(10-14-6-8-15(20)9-7-14)11-24-12-21-18(22)16-4-2-3-5-17(16)19(21)23/h2-9,13H,10-12,24H2,1H3. The summed E-state index contributed by atoms with van der Waals surface area (Å²) in [6.07, 6.45) is 1.48. The van der Waals surface area contributed by atoms with Gasteiger partial charge in [-0.2, -0.15) is 0 Å². The second-order valence-electron chi connectivity index (χ2n) is 6.39. The number of benzene rings is 2. The Morgan fingerprint density at radius 2 is 1.58 bits per heavy atom. The van der Waals surface area contributed by atoms with Crippen molar-refractivity contribution in [3.05, 3.63) is 71.0 Å². The number of imide groups is 1.